The number of thioether (sulfide) groups is 1. The SMILES string of the molecule is CN(Cc1ccco1)C(=O)CSCC#N. The van der Waals surface area contributed by atoms with E-state index < -0.39 is 0 Å². The second kappa shape index (κ2) is 6.14. The average molecular weight is 224 g/mol. The fraction of sp³-hybridized carbons (Fsp3) is 0.400. The van der Waals surface area contributed by atoms with E-state index in [0.717, 1.165) is 5.76 Å². The van der Waals surface area contributed by atoms with Crippen LogP contribution >= 0.6 is 11.8 Å². The number of nitriles is 1. The van der Waals surface area contributed by atoms with Crippen LogP contribution < -0.4 is 0 Å². The van der Waals surface area contributed by atoms with Gasteiger partial charge in [-0.15, -0.1) is 11.8 Å². The molecule has 4 nitrogen and oxygen atoms in total. The maximum atomic E-state index is 11.5. The van der Waals surface area contributed by atoms with E-state index >= 15 is 0 Å². The van der Waals surface area contributed by atoms with Crippen LogP contribution in [0.15, 0.2) is 22.8 Å². The summed E-state index contributed by atoms with van der Waals surface area (Å²) in [6.07, 6.45) is 1.58. The number of nitrogens with zero attached hydrogens (tertiary/aromatic N) is 2. The lowest BCUT2D eigenvalue weighted by molar-refractivity contribution is -0.127. The number of hydrogen-bond acceptors (Lipinski definition) is 4. The zero-order valence-corrected chi connectivity index (χ0v) is 9.29. The van der Waals surface area contributed by atoms with Gasteiger partial charge in [-0.2, -0.15) is 5.26 Å². The Bertz CT molecular complexity index is 343. The van der Waals surface area contributed by atoms with E-state index in [-0.39, 0.29) is 5.91 Å². The lowest BCUT2D eigenvalue weighted by Gasteiger charge is -2.14. The Morgan fingerprint density at radius 2 is 2.53 bits per heavy atom. The van der Waals surface area contributed by atoms with Crippen molar-refractivity contribution >= 4 is 17.7 Å². The average Bonchev–Trinajstić information content (AvgIpc) is 2.70. The summed E-state index contributed by atoms with van der Waals surface area (Å²) >= 11 is 1.32. The molecular formula is C10H12N2O2S. The highest BCUT2D eigenvalue weighted by atomic mass is 32.2. The molecule has 80 valence electrons. The van der Waals surface area contributed by atoms with Crippen molar-refractivity contribution in [1.29, 1.82) is 5.26 Å². The fourth-order valence-electron chi connectivity index (χ4n) is 1.02. The van der Waals surface area contributed by atoms with Crippen LogP contribution in [0.2, 0.25) is 0 Å². The highest BCUT2D eigenvalue weighted by Crippen LogP contribution is 2.06. The summed E-state index contributed by atoms with van der Waals surface area (Å²) in [5, 5.41) is 8.31. The Balaban J connectivity index is 2.31. The predicted molar refractivity (Wildman–Crippen MR) is 58.1 cm³/mol. The molecule has 0 saturated heterocycles. The minimum absolute atomic E-state index is 0.00616. The molecule has 1 aromatic heterocycles. The third-order valence-electron chi connectivity index (χ3n) is 1.79. The molecule has 0 radical (unpaired) electrons. The minimum atomic E-state index is 0.00616. The van der Waals surface area contributed by atoms with Gasteiger partial charge in [0.05, 0.1) is 30.4 Å². The van der Waals surface area contributed by atoms with Crippen LogP contribution in [-0.4, -0.2) is 29.4 Å². The van der Waals surface area contributed by atoms with Crippen LogP contribution in [0.1, 0.15) is 5.76 Å². The van der Waals surface area contributed by atoms with Gasteiger partial charge in [-0.3, -0.25) is 4.79 Å². The quantitative estimate of drug-likeness (QED) is 0.711. The van der Waals surface area contributed by atoms with Crippen LogP contribution in [0.5, 0.6) is 0 Å². The molecule has 15 heavy (non-hydrogen) atoms. The van der Waals surface area contributed by atoms with Crippen molar-refractivity contribution in [2.45, 2.75) is 6.54 Å². The number of amides is 1. The van der Waals surface area contributed by atoms with Crippen molar-refractivity contribution in [2.75, 3.05) is 18.6 Å². The second-order valence-electron chi connectivity index (χ2n) is 2.98. The minimum Gasteiger partial charge on any atom is -0.467 e. The number of carbonyl (C=O) groups is 1. The van der Waals surface area contributed by atoms with Gasteiger partial charge in [-0.05, 0) is 12.1 Å². The maximum absolute atomic E-state index is 11.5. The lowest BCUT2D eigenvalue weighted by atomic mass is 10.4. The zero-order chi connectivity index (χ0) is 11.1. The molecule has 0 aromatic carbocycles. The van der Waals surface area contributed by atoms with Crippen molar-refractivity contribution in [2.24, 2.45) is 0 Å². The van der Waals surface area contributed by atoms with E-state index in [9.17, 15) is 4.79 Å². The molecule has 0 aliphatic carbocycles. The summed E-state index contributed by atoms with van der Waals surface area (Å²) in [4.78, 5) is 13.1. The molecule has 5 heteroatoms. The third-order valence-corrected chi connectivity index (χ3v) is 2.58. The molecule has 0 spiro atoms. The van der Waals surface area contributed by atoms with Crippen molar-refractivity contribution in [3.63, 3.8) is 0 Å². The fourth-order valence-corrected chi connectivity index (χ4v) is 1.61. The Hall–Kier alpha value is -1.41. The Morgan fingerprint density at radius 1 is 1.73 bits per heavy atom. The van der Waals surface area contributed by atoms with Gasteiger partial charge in [0.1, 0.15) is 5.76 Å². The largest absolute Gasteiger partial charge is 0.467 e. The molecule has 0 bridgehead atoms. The number of furan rings is 1. The smallest absolute Gasteiger partial charge is 0.232 e. The van der Waals surface area contributed by atoms with Gasteiger partial charge < -0.3 is 9.32 Å². The van der Waals surface area contributed by atoms with Crippen LogP contribution in [0.4, 0.5) is 0 Å². The number of carbonyl (C=O) groups excluding carboxylic acids is 1. The Labute approximate surface area is 92.9 Å². The van der Waals surface area contributed by atoms with Crippen molar-refractivity contribution in [3.05, 3.63) is 24.2 Å². The van der Waals surface area contributed by atoms with Gasteiger partial charge >= 0.3 is 0 Å². The maximum Gasteiger partial charge on any atom is 0.232 e. The van der Waals surface area contributed by atoms with E-state index in [1.165, 1.54) is 11.8 Å². The number of rotatable bonds is 5. The highest BCUT2D eigenvalue weighted by molar-refractivity contribution is 8.00. The molecule has 0 aliphatic heterocycles. The van der Waals surface area contributed by atoms with Gasteiger partial charge in [0.15, 0.2) is 0 Å². The van der Waals surface area contributed by atoms with Crippen LogP contribution in [0.25, 0.3) is 0 Å². The van der Waals surface area contributed by atoms with Crippen LogP contribution in [0.3, 0.4) is 0 Å². The first-order valence-corrected chi connectivity index (χ1v) is 5.60. The number of hydrogen-bond donors (Lipinski definition) is 0. The van der Waals surface area contributed by atoms with Gasteiger partial charge in [0.2, 0.25) is 5.91 Å². The topological polar surface area (TPSA) is 57.2 Å². The predicted octanol–water partition coefficient (Wildman–Crippen LogP) is 1.49. The van der Waals surface area contributed by atoms with Crippen molar-refractivity contribution in [3.8, 4) is 6.07 Å². The van der Waals surface area contributed by atoms with Crippen LogP contribution in [0, 0.1) is 11.3 Å². The summed E-state index contributed by atoms with van der Waals surface area (Å²) in [6, 6.07) is 5.60. The third kappa shape index (κ3) is 4.09. The molecule has 1 heterocycles. The first kappa shape index (κ1) is 11.7. The molecular weight excluding hydrogens is 212 g/mol. The van der Waals surface area contributed by atoms with E-state index in [2.05, 4.69) is 0 Å². The van der Waals surface area contributed by atoms with Gasteiger partial charge in [0, 0.05) is 7.05 Å². The van der Waals surface area contributed by atoms with E-state index in [0.29, 0.717) is 18.1 Å². The molecule has 0 saturated carbocycles. The van der Waals surface area contributed by atoms with Crippen molar-refractivity contribution < 1.29 is 9.21 Å². The summed E-state index contributed by atoms with van der Waals surface area (Å²) in [6.45, 7) is 0.471. The Kier molecular flexibility index (Phi) is 4.78. The van der Waals surface area contributed by atoms with Crippen molar-refractivity contribution in [1.82, 2.24) is 4.90 Å². The molecule has 0 N–H and O–H groups in total. The molecule has 0 unspecified atom stereocenters. The monoisotopic (exact) mass is 224 g/mol. The van der Waals surface area contributed by atoms with Gasteiger partial charge in [-0.1, -0.05) is 0 Å². The normalized spacial score (nSPS) is 9.60. The standard InChI is InChI=1S/C10H12N2O2S/c1-12(7-9-3-2-5-14-9)10(13)8-15-6-4-11/h2-3,5H,6-8H2,1H3. The molecule has 0 fully saturated rings. The molecule has 1 amide bonds. The molecule has 0 atom stereocenters. The summed E-state index contributed by atoms with van der Waals surface area (Å²) < 4.78 is 5.13. The highest BCUT2D eigenvalue weighted by Gasteiger charge is 2.09. The zero-order valence-electron chi connectivity index (χ0n) is 8.47. The summed E-state index contributed by atoms with van der Waals surface area (Å²) in [5.74, 6) is 1.45. The van der Waals surface area contributed by atoms with Gasteiger partial charge in [0.25, 0.3) is 0 Å². The summed E-state index contributed by atoms with van der Waals surface area (Å²) in [5.41, 5.74) is 0. The van der Waals surface area contributed by atoms with E-state index in [1.807, 2.05) is 12.1 Å². The first-order chi connectivity index (χ1) is 7.24. The first-order valence-electron chi connectivity index (χ1n) is 4.45. The van der Waals surface area contributed by atoms with Crippen LogP contribution in [-0.2, 0) is 11.3 Å². The van der Waals surface area contributed by atoms with Gasteiger partial charge in [-0.25, -0.2) is 0 Å². The lowest BCUT2D eigenvalue weighted by Crippen LogP contribution is -2.27. The molecule has 1 aromatic rings. The molecule has 1 rings (SSSR count). The molecule has 0 aliphatic rings. The summed E-state index contributed by atoms with van der Waals surface area (Å²) in [7, 11) is 1.72. The Morgan fingerprint density at radius 3 is 3.13 bits per heavy atom. The van der Waals surface area contributed by atoms with E-state index in [1.54, 1.807) is 24.3 Å². The second-order valence-corrected chi connectivity index (χ2v) is 3.97. The van der Waals surface area contributed by atoms with E-state index in [4.69, 9.17) is 9.68 Å².